The van der Waals surface area contributed by atoms with Gasteiger partial charge in [-0.2, -0.15) is 0 Å². The van der Waals surface area contributed by atoms with E-state index in [-0.39, 0.29) is 11.3 Å². The average Bonchev–Trinajstić information content (AvgIpc) is 3.13. The first-order chi connectivity index (χ1) is 16.8. The molecule has 7 heteroatoms. The molecule has 3 aromatic carbocycles. The summed E-state index contributed by atoms with van der Waals surface area (Å²) in [5.74, 6) is -1.16. The Bertz CT molecular complexity index is 1270. The van der Waals surface area contributed by atoms with E-state index in [0.29, 0.717) is 29.2 Å². The van der Waals surface area contributed by atoms with Crippen molar-refractivity contribution < 1.29 is 19.4 Å². The van der Waals surface area contributed by atoms with Crippen molar-refractivity contribution in [3.05, 3.63) is 94.0 Å². The van der Waals surface area contributed by atoms with E-state index in [4.69, 9.17) is 4.74 Å². The molecule has 6 nitrogen and oxygen atoms in total. The number of Topliss-reactive ketones (excluding diaryl/α,β-unsaturated/α-hetero) is 1. The number of para-hydroxylation sites is 2. The first-order valence-electron chi connectivity index (χ1n) is 11.4. The number of nitrogens with zero attached hydrogens (tertiary/aromatic N) is 2. The molecular formula is C28H27BrN2O4. The number of carbonyl (C=O) groups is 2. The summed E-state index contributed by atoms with van der Waals surface area (Å²) in [6.45, 7) is 2.47. The van der Waals surface area contributed by atoms with Crippen LogP contribution in [-0.4, -0.2) is 37.5 Å². The molecule has 0 aromatic heterocycles. The molecule has 180 valence electrons. The summed E-state index contributed by atoms with van der Waals surface area (Å²) in [5, 5.41) is 11.3. The zero-order chi connectivity index (χ0) is 25.1. The molecule has 0 saturated carbocycles. The molecule has 1 aliphatic heterocycles. The second kappa shape index (κ2) is 10.4. The number of anilines is 2. The van der Waals surface area contributed by atoms with Gasteiger partial charge in [0.25, 0.3) is 11.7 Å². The molecule has 1 aliphatic rings. The zero-order valence-corrected chi connectivity index (χ0v) is 21.5. The van der Waals surface area contributed by atoms with Crippen molar-refractivity contribution in [3.8, 4) is 5.75 Å². The molecule has 1 atom stereocenters. The molecule has 1 heterocycles. The highest BCUT2D eigenvalue weighted by atomic mass is 79.9. The van der Waals surface area contributed by atoms with Gasteiger partial charge in [0, 0.05) is 29.8 Å². The van der Waals surface area contributed by atoms with Crippen LogP contribution < -0.4 is 14.5 Å². The van der Waals surface area contributed by atoms with Gasteiger partial charge in [-0.05, 0) is 48.4 Å². The SMILES string of the molecule is CCCOc1ccccc1N1C(=O)C(=O)/C(=C(\O)c2ccc(Br)cc2)C1c1ccc(N(C)C)cc1. The van der Waals surface area contributed by atoms with Gasteiger partial charge in [0.1, 0.15) is 11.5 Å². The van der Waals surface area contributed by atoms with E-state index in [9.17, 15) is 14.7 Å². The van der Waals surface area contributed by atoms with E-state index in [0.717, 1.165) is 16.6 Å². The molecule has 4 rings (SSSR count). The van der Waals surface area contributed by atoms with Crippen LogP contribution in [0.1, 0.15) is 30.5 Å². The van der Waals surface area contributed by atoms with Crippen LogP contribution in [0.2, 0.25) is 0 Å². The Kier molecular flexibility index (Phi) is 7.26. The fourth-order valence-electron chi connectivity index (χ4n) is 4.10. The summed E-state index contributed by atoms with van der Waals surface area (Å²) in [4.78, 5) is 30.2. The highest BCUT2D eigenvalue weighted by Gasteiger charge is 2.47. The molecule has 1 saturated heterocycles. The second-order valence-corrected chi connectivity index (χ2v) is 9.39. The van der Waals surface area contributed by atoms with Gasteiger partial charge in [0.05, 0.1) is 23.9 Å². The van der Waals surface area contributed by atoms with E-state index in [1.807, 2.05) is 56.3 Å². The third kappa shape index (κ3) is 4.82. The lowest BCUT2D eigenvalue weighted by molar-refractivity contribution is -0.132. The van der Waals surface area contributed by atoms with Crippen molar-refractivity contribution in [2.24, 2.45) is 0 Å². The number of rotatable bonds is 7. The maximum atomic E-state index is 13.5. The topological polar surface area (TPSA) is 70.1 Å². The first-order valence-corrected chi connectivity index (χ1v) is 12.2. The first kappa shape index (κ1) is 24.5. The van der Waals surface area contributed by atoms with E-state index < -0.39 is 17.7 Å². The van der Waals surface area contributed by atoms with Crippen LogP contribution in [0.25, 0.3) is 5.76 Å². The number of hydrogen-bond donors (Lipinski definition) is 1. The number of halogens is 1. The highest BCUT2D eigenvalue weighted by molar-refractivity contribution is 9.10. The molecular weight excluding hydrogens is 508 g/mol. The zero-order valence-electron chi connectivity index (χ0n) is 19.9. The molecule has 3 aromatic rings. The largest absolute Gasteiger partial charge is 0.507 e. The van der Waals surface area contributed by atoms with Crippen LogP contribution in [-0.2, 0) is 9.59 Å². The number of ketones is 1. The van der Waals surface area contributed by atoms with Crippen molar-refractivity contribution in [2.75, 3.05) is 30.5 Å². The summed E-state index contributed by atoms with van der Waals surface area (Å²) < 4.78 is 6.76. The highest BCUT2D eigenvalue weighted by Crippen LogP contribution is 2.45. The number of hydrogen-bond acceptors (Lipinski definition) is 5. The van der Waals surface area contributed by atoms with E-state index in [1.54, 1.807) is 42.5 Å². The number of ether oxygens (including phenoxy) is 1. The minimum Gasteiger partial charge on any atom is -0.507 e. The molecule has 35 heavy (non-hydrogen) atoms. The van der Waals surface area contributed by atoms with Crippen molar-refractivity contribution in [1.82, 2.24) is 0 Å². The van der Waals surface area contributed by atoms with Gasteiger partial charge < -0.3 is 14.7 Å². The van der Waals surface area contributed by atoms with Crippen LogP contribution in [0.4, 0.5) is 11.4 Å². The van der Waals surface area contributed by atoms with E-state index in [2.05, 4.69) is 15.9 Å². The van der Waals surface area contributed by atoms with Gasteiger partial charge in [-0.15, -0.1) is 0 Å². The smallest absolute Gasteiger partial charge is 0.300 e. The summed E-state index contributed by atoms with van der Waals surface area (Å²) >= 11 is 3.39. The summed E-state index contributed by atoms with van der Waals surface area (Å²) in [7, 11) is 3.88. The normalized spacial score (nSPS) is 17.0. The molecule has 0 aliphatic carbocycles. The molecule has 1 fully saturated rings. The Labute approximate surface area is 213 Å². The van der Waals surface area contributed by atoms with Crippen molar-refractivity contribution in [2.45, 2.75) is 19.4 Å². The third-order valence-corrected chi connectivity index (χ3v) is 6.40. The molecule has 0 bridgehead atoms. The standard InChI is InChI=1S/C28H27BrN2O4/c1-4-17-35-23-8-6-5-7-22(23)31-25(18-11-15-21(16-12-18)30(2)3)24(27(33)28(31)34)26(32)19-9-13-20(29)14-10-19/h5-16,25,32H,4,17H2,1-3H3/b26-24-. The van der Waals surface area contributed by atoms with Crippen molar-refractivity contribution in [3.63, 3.8) is 0 Å². The fraction of sp³-hybridized carbons (Fsp3) is 0.214. The number of amides is 1. The van der Waals surface area contributed by atoms with E-state index >= 15 is 0 Å². The Hall–Kier alpha value is -3.58. The molecule has 1 unspecified atom stereocenters. The van der Waals surface area contributed by atoms with Gasteiger partial charge in [-0.1, -0.05) is 59.3 Å². The minimum absolute atomic E-state index is 0.0419. The average molecular weight is 535 g/mol. The lowest BCUT2D eigenvalue weighted by Gasteiger charge is -2.27. The second-order valence-electron chi connectivity index (χ2n) is 8.48. The van der Waals surface area contributed by atoms with Crippen LogP contribution in [0.5, 0.6) is 5.75 Å². The van der Waals surface area contributed by atoms with Crippen LogP contribution in [0.3, 0.4) is 0 Å². The third-order valence-electron chi connectivity index (χ3n) is 5.87. The Morgan fingerprint density at radius 2 is 1.66 bits per heavy atom. The molecule has 1 N–H and O–H groups in total. The monoisotopic (exact) mass is 534 g/mol. The van der Waals surface area contributed by atoms with Crippen molar-refractivity contribution in [1.29, 1.82) is 0 Å². The summed E-state index contributed by atoms with van der Waals surface area (Å²) in [6, 6.07) is 20.9. The maximum Gasteiger partial charge on any atom is 0.300 e. The quantitative estimate of drug-likeness (QED) is 0.231. The summed E-state index contributed by atoms with van der Waals surface area (Å²) in [6.07, 6.45) is 0.798. The molecule has 0 radical (unpaired) electrons. The predicted octanol–water partition coefficient (Wildman–Crippen LogP) is 5.93. The minimum atomic E-state index is -0.818. The maximum absolute atomic E-state index is 13.5. The van der Waals surface area contributed by atoms with Gasteiger partial charge in [0.2, 0.25) is 0 Å². The molecule has 1 amide bonds. The van der Waals surface area contributed by atoms with Gasteiger partial charge in [-0.3, -0.25) is 14.5 Å². The van der Waals surface area contributed by atoms with E-state index in [1.165, 1.54) is 4.90 Å². The lowest BCUT2D eigenvalue weighted by Crippen LogP contribution is -2.30. The number of benzene rings is 3. The number of aliphatic hydroxyl groups is 1. The van der Waals surface area contributed by atoms with Gasteiger partial charge in [-0.25, -0.2) is 0 Å². The van der Waals surface area contributed by atoms with Crippen molar-refractivity contribution >= 4 is 44.8 Å². The van der Waals surface area contributed by atoms with Crippen LogP contribution in [0, 0.1) is 0 Å². The Morgan fingerprint density at radius 1 is 1.00 bits per heavy atom. The number of carbonyl (C=O) groups excluding carboxylic acids is 2. The van der Waals surface area contributed by atoms with Crippen LogP contribution >= 0.6 is 15.9 Å². The van der Waals surface area contributed by atoms with Gasteiger partial charge >= 0.3 is 0 Å². The summed E-state index contributed by atoms with van der Waals surface area (Å²) in [5.41, 5.74) is 2.67. The molecule has 0 spiro atoms. The Morgan fingerprint density at radius 3 is 2.29 bits per heavy atom. The fourth-order valence-corrected chi connectivity index (χ4v) is 4.37. The predicted molar refractivity (Wildman–Crippen MR) is 142 cm³/mol. The number of aliphatic hydroxyl groups excluding tert-OH is 1. The Balaban J connectivity index is 1.92. The van der Waals surface area contributed by atoms with Gasteiger partial charge in [0.15, 0.2) is 0 Å². The van der Waals surface area contributed by atoms with Crippen LogP contribution in [0.15, 0.2) is 82.8 Å². The lowest BCUT2D eigenvalue weighted by atomic mass is 9.95.